The van der Waals surface area contributed by atoms with Gasteiger partial charge in [-0.05, 0) is 48.9 Å². The molecule has 0 radical (unpaired) electrons. The highest BCUT2D eigenvalue weighted by molar-refractivity contribution is 7.92. The van der Waals surface area contributed by atoms with E-state index in [-0.39, 0.29) is 24.4 Å². The number of hydrogen-bond acceptors (Lipinski definition) is 4. The molecule has 1 fully saturated rings. The van der Waals surface area contributed by atoms with E-state index < -0.39 is 41.6 Å². The zero-order valence-corrected chi connectivity index (χ0v) is 15.7. The van der Waals surface area contributed by atoms with E-state index in [1.807, 2.05) is 0 Å². The van der Waals surface area contributed by atoms with Gasteiger partial charge < -0.3 is 0 Å². The van der Waals surface area contributed by atoms with Crippen molar-refractivity contribution in [3.8, 4) is 0 Å². The molecule has 3 rings (SSSR count). The van der Waals surface area contributed by atoms with Gasteiger partial charge >= 0.3 is 0 Å². The molecule has 1 aliphatic heterocycles. The van der Waals surface area contributed by atoms with Gasteiger partial charge in [-0.2, -0.15) is 4.31 Å². The largest absolute Gasteiger partial charge is 0.243 e. The Kier molecular flexibility index (Phi) is 5.08. The summed E-state index contributed by atoms with van der Waals surface area (Å²) >= 11 is 5.76. The van der Waals surface area contributed by atoms with E-state index in [9.17, 15) is 25.6 Å². The van der Waals surface area contributed by atoms with Crippen LogP contribution in [0.1, 0.15) is 6.42 Å². The molecule has 10 heteroatoms. The van der Waals surface area contributed by atoms with Crippen molar-refractivity contribution in [2.75, 3.05) is 13.1 Å². The molecule has 0 aromatic heterocycles. The van der Waals surface area contributed by atoms with E-state index in [4.69, 9.17) is 11.6 Å². The predicted molar refractivity (Wildman–Crippen MR) is 92.2 cm³/mol. The number of sulfonamides is 1. The van der Waals surface area contributed by atoms with Gasteiger partial charge in [0.2, 0.25) is 10.0 Å². The van der Waals surface area contributed by atoms with Crippen LogP contribution in [0.5, 0.6) is 0 Å². The molecule has 2 aromatic carbocycles. The van der Waals surface area contributed by atoms with E-state index in [1.54, 1.807) is 0 Å². The summed E-state index contributed by atoms with van der Waals surface area (Å²) in [5, 5.41) is -0.540. The van der Waals surface area contributed by atoms with Crippen LogP contribution in [0.2, 0.25) is 5.02 Å². The fourth-order valence-corrected chi connectivity index (χ4v) is 6.20. The zero-order chi connectivity index (χ0) is 19.1. The van der Waals surface area contributed by atoms with Gasteiger partial charge in [0.15, 0.2) is 21.5 Å². The van der Waals surface area contributed by atoms with Crippen molar-refractivity contribution in [3.05, 3.63) is 59.1 Å². The van der Waals surface area contributed by atoms with Crippen LogP contribution in [0.15, 0.2) is 52.3 Å². The van der Waals surface area contributed by atoms with Crippen molar-refractivity contribution in [3.63, 3.8) is 0 Å². The highest BCUT2D eigenvalue weighted by Crippen LogP contribution is 2.29. The topological polar surface area (TPSA) is 71.5 Å². The summed E-state index contributed by atoms with van der Waals surface area (Å²) in [7, 11) is -7.86. The van der Waals surface area contributed by atoms with Crippen LogP contribution in [0.25, 0.3) is 0 Å². The minimum absolute atomic E-state index is 0.0290. The molecule has 140 valence electrons. The van der Waals surface area contributed by atoms with Crippen LogP contribution < -0.4 is 0 Å². The maximum atomic E-state index is 13.4. The number of rotatable bonds is 4. The first-order valence-corrected chi connectivity index (χ1v) is 10.9. The first-order chi connectivity index (χ1) is 12.1. The molecule has 0 N–H and O–H groups in total. The van der Waals surface area contributed by atoms with Gasteiger partial charge in [0.1, 0.15) is 0 Å². The minimum atomic E-state index is -4.12. The summed E-state index contributed by atoms with van der Waals surface area (Å²) in [6.07, 6.45) is 0.105. The summed E-state index contributed by atoms with van der Waals surface area (Å²) < 4.78 is 77.9. The number of benzene rings is 2. The molecule has 0 saturated carbocycles. The number of sulfone groups is 1. The van der Waals surface area contributed by atoms with Crippen molar-refractivity contribution in [1.29, 1.82) is 0 Å². The van der Waals surface area contributed by atoms with E-state index in [2.05, 4.69) is 0 Å². The Morgan fingerprint density at radius 2 is 1.54 bits per heavy atom. The molecule has 1 unspecified atom stereocenters. The van der Waals surface area contributed by atoms with Crippen LogP contribution >= 0.6 is 11.6 Å². The lowest BCUT2D eigenvalue weighted by molar-refractivity contribution is 0.472. The van der Waals surface area contributed by atoms with Crippen LogP contribution in [0.4, 0.5) is 8.78 Å². The molecule has 0 spiro atoms. The fourth-order valence-electron chi connectivity index (χ4n) is 2.77. The van der Waals surface area contributed by atoms with E-state index >= 15 is 0 Å². The third-order valence-electron chi connectivity index (χ3n) is 4.22. The van der Waals surface area contributed by atoms with E-state index in [1.165, 1.54) is 24.3 Å². The second-order valence-electron chi connectivity index (χ2n) is 5.85. The van der Waals surface area contributed by atoms with Crippen molar-refractivity contribution in [1.82, 2.24) is 4.31 Å². The Morgan fingerprint density at radius 3 is 2.15 bits per heavy atom. The third-order valence-corrected chi connectivity index (χ3v) is 8.52. The monoisotopic (exact) mass is 421 g/mol. The van der Waals surface area contributed by atoms with Gasteiger partial charge in [0, 0.05) is 18.1 Å². The number of halogens is 3. The van der Waals surface area contributed by atoms with Crippen molar-refractivity contribution < 1.29 is 25.6 Å². The summed E-state index contributed by atoms with van der Waals surface area (Å²) in [4.78, 5) is -0.361. The molecular weight excluding hydrogens is 408 g/mol. The van der Waals surface area contributed by atoms with Crippen LogP contribution in [0.3, 0.4) is 0 Å². The molecule has 1 atom stereocenters. The average molecular weight is 422 g/mol. The lowest BCUT2D eigenvalue weighted by atomic mass is 10.3. The maximum absolute atomic E-state index is 13.4. The van der Waals surface area contributed by atoms with Crippen LogP contribution in [-0.2, 0) is 19.9 Å². The van der Waals surface area contributed by atoms with Crippen LogP contribution in [0, 0.1) is 11.6 Å². The molecular formula is C16H14ClF2NO4S2. The Bertz CT molecular complexity index is 1040. The first kappa shape index (κ1) is 19.2. The quantitative estimate of drug-likeness (QED) is 0.761. The smallest absolute Gasteiger partial charge is 0.223 e. The van der Waals surface area contributed by atoms with Crippen LogP contribution in [-0.4, -0.2) is 39.5 Å². The summed E-state index contributed by atoms with van der Waals surface area (Å²) in [5.41, 5.74) is 0. The molecule has 1 aliphatic rings. The Balaban J connectivity index is 1.85. The van der Waals surface area contributed by atoms with E-state index in [0.29, 0.717) is 11.1 Å². The van der Waals surface area contributed by atoms with Gasteiger partial charge in [-0.15, -0.1) is 0 Å². The molecule has 0 amide bonds. The normalized spacial score (nSPS) is 19.0. The van der Waals surface area contributed by atoms with Gasteiger partial charge in [-0.3, -0.25) is 0 Å². The molecule has 1 saturated heterocycles. The number of hydrogen-bond donors (Lipinski definition) is 0. The summed E-state index contributed by atoms with van der Waals surface area (Å²) in [5.74, 6) is -2.44. The van der Waals surface area contributed by atoms with Crippen molar-refractivity contribution in [2.24, 2.45) is 0 Å². The average Bonchev–Trinajstić information content (AvgIpc) is 3.09. The Hall–Kier alpha value is -1.55. The SMILES string of the molecule is O=S(=O)(c1ccc(Cl)cc1)C1CCN(S(=O)(=O)c2ccc(F)c(F)c2)C1. The lowest BCUT2D eigenvalue weighted by Crippen LogP contribution is -2.32. The van der Waals surface area contributed by atoms with Gasteiger partial charge in [0.05, 0.1) is 15.0 Å². The lowest BCUT2D eigenvalue weighted by Gasteiger charge is -2.17. The zero-order valence-electron chi connectivity index (χ0n) is 13.3. The Morgan fingerprint density at radius 1 is 0.923 bits per heavy atom. The standard InChI is InChI=1S/C16H14ClF2NO4S2/c17-11-1-3-12(4-2-11)25(21,22)14-7-8-20(10-14)26(23,24)13-5-6-15(18)16(19)9-13/h1-6,9,14H,7-8,10H2. The second kappa shape index (κ2) is 6.88. The third kappa shape index (κ3) is 3.48. The molecule has 26 heavy (non-hydrogen) atoms. The van der Waals surface area contributed by atoms with E-state index in [0.717, 1.165) is 16.4 Å². The van der Waals surface area contributed by atoms with Gasteiger partial charge in [0.25, 0.3) is 0 Å². The highest BCUT2D eigenvalue weighted by Gasteiger charge is 2.39. The minimum Gasteiger partial charge on any atom is -0.223 e. The fraction of sp³-hybridized carbons (Fsp3) is 0.250. The predicted octanol–water partition coefficient (Wildman–Crippen LogP) is 2.86. The highest BCUT2D eigenvalue weighted by atomic mass is 35.5. The molecule has 0 aliphatic carbocycles. The van der Waals surface area contributed by atoms with Gasteiger partial charge in [-0.1, -0.05) is 11.6 Å². The number of nitrogens with zero attached hydrogens (tertiary/aromatic N) is 1. The summed E-state index contributed by atoms with van der Waals surface area (Å²) in [6, 6.07) is 7.88. The molecule has 1 heterocycles. The molecule has 5 nitrogen and oxygen atoms in total. The van der Waals surface area contributed by atoms with Crippen molar-refractivity contribution >= 4 is 31.5 Å². The second-order valence-corrected chi connectivity index (χ2v) is 10.5. The van der Waals surface area contributed by atoms with Crippen molar-refractivity contribution in [2.45, 2.75) is 21.5 Å². The Labute approximate surface area is 155 Å². The first-order valence-electron chi connectivity index (χ1n) is 7.57. The summed E-state index contributed by atoms with van der Waals surface area (Å²) in [6.45, 7) is -0.287. The molecule has 0 bridgehead atoms. The maximum Gasteiger partial charge on any atom is 0.243 e. The molecule has 2 aromatic rings. The van der Waals surface area contributed by atoms with Gasteiger partial charge in [-0.25, -0.2) is 25.6 Å².